The summed E-state index contributed by atoms with van der Waals surface area (Å²) in [4.78, 5) is 16.7. The van der Waals surface area contributed by atoms with Crippen LogP contribution in [0.25, 0.3) is 0 Å². The van der Waals surface area contributed by atoms with Gasteiger partial charge in [0, 0.05) is 25.7 Å². The molecule has 0 aliphatic carbocycles. The summed E-state index contributed by atoms with van der Waals surface area (Å²) in [5.41, 5.74) is 0. The first-order valence-corrected chi connectivity index (χ1v) is 7.40. The zero-order chi connectivity index (χ0) is 13.8. The van der Waals surface area contributed by atoms with Crippen LogP contribution in [0.2, 0.25) is 0 Å². The summed E-state index contributed by atoms with van der Waals surface area (Å²) in [5, 5.41) is 9.22. The maximum atomic E-state index is 12.5. The summed E-state index contributed by atoms with van der Waals surface area (Å²) >= 11 is 0. The molecule has 0 aromatic carbocycles. The van der Waals surface area contributed by atoms with Gasteiger partial charge in [-0.2, -0.15) is 0 Å². The van der Waals surface area contributed by atoms with E-state index in [1.54, 1.807) is 0 Å². The van der Waals surface area contributed by atoms with Gasteiger partial charge in [-0.1, -0.05) is 0 Å². The van der Waals surface area contributed by atoms with Crippen LogP contribution in [0.15, 0.2) is 0 Å². The zero-order valence-corrected chi connectivity index (χ0v) is 12.0. The van der Waals surface area contributed by atoms with Crippen molar-refractivity contribution < 1.29 is 14.6 Å². The van der Waals surface area contributed by atoms with Crippen molar-refractivity contribution in [2.75, 3.05) is 32.8 Å². The van der Waals surface area contributed by atoms with E-state index in [1.165, 1.54) is 6.42 Å². The second-order valence-electron chi connectivity index (χ2n) is 5.75. The fourth-order valence-electron chi connectivity index (χ4n) is 3.01. The van der Waals surface area contributed by atoms with Crippen molar-refractivity contribution in [1.82, 2.24) is 9.80 Å². The fraction of sp³-hybridized carbons (Fsp3) is 0.929. The third-order valence-corrected chi connectivity index (χ3v) is 4.28. The minimum Gasteiger partial charge on any atom is -0.394 e. The minimum atomic E-state index is -0.159. The van der Waals surface area contributed by atoms with Crippen LogP contribution in [-0.4, -0.2) is 71.8 Å². The van der Waals surface area contributed by atoms with Gasteiger partial charge in [0.1, 0.15) is 0 Å². The van der Waals surface area contributed by atoms with Gasteiger partial charge < -0.3 is 14.7 Å². The number of piperidine rings is 1. The first-order valence-electron chi connectivity index (χ1n) is 7.40. The maximum Gasteiger partial charge on any atom is 0.239 e. The third kappa shape index (κ3) is 3.46. The predicted octanol–water partition coefficient (Wildman–Crippen LogP) is 0.469. The van der Waals surface area contributed by atoms with Crippen LogP contribution >= 0.6 is 0 Å². The lowest BCUT2D eigenvalue weighted by atomic mass is 10.1. The smallest absolute Gasteiger partial charge is 0.239 e. The molecule has 1 amide bonds. The van der Waals surface area contributed by atoms with E-state index >= 15 is 0 Å². The van der Waals surface area contributed by atoms with E-state index in [4.69, 9.17) is 4.74 Å². The molecule has 0 radical (unpaired) electrons. The molecule has 2 fully saturated rings. The van der Waals surface area contributed by atoms with Crippen LogP contribution in [-0.2, 0) is 9.53 Å². The molecule has 110 valence electrons. The molecule has 0 aromatic rings. The largest absolute Gasteiger partial charge is 0.394 e. The van der Waals surface area contributed by atoms with Crippen molar-refractivity contribution in [1.29, 1.82) is 0 Å². The number of aliphatic hydroxyl groups excluding tert-OH is 1. The molecule has 3 unspecified atom stereocenters. The Bertz CT molecular complexity index is 305. The summed E-state index contributed by atoms with van der Waals surface area (Å²) in [6.07, 6.45) is 3.32. The van der Waals surface area contributed by atoms with Crippen LogP contribution in [0.1, 0.15) is 33.1 Å². The van der Waals surface area contributed by atoms with Crippen LogP contribution in [0.3, 0.4) is 0 Å². The van der Waals surface area contributed by atoms with Crippen LogP contribution in [0.5, 0.6) is 0 Å². The number of carbonyl (C=O) groups excluding carboxylic acids is 1. The standard InChI is InChI=1S/C14H26N2O3/c1-11-10-19-13(9-17)8-16(11)12(2)14(18)15-6-4-3-5-7-15/h11-13,17H,3-10H2,1-2H3. The molecule has 5 nitrogen and oxygen atoms in total. The van der Waals surface area contributed by atoms with Gasteiger partial charge in [0.15, 0.2) is 0 Å². The summed E-state index contributed by atoms with van der Waals surface area (Å²) in [5.74, 6) is 0.227. The number of hydrogen-bond donors (Lipinski definition) is 1. The van der Waals surface area contributed by atoms with E-state index in [9.17, 15) is 9.90 Å². The number of likely N-dealkylation sites (tertiary alicyclic amines) is 1. The molecule has 2 aliphatic heterocycles. The summed E-state index contributed by atoms with van der Waals surface area (Å²) in [6.45, 7) is 7.09. The fourth-order valence-corrected chi connectivity index (χ4v) is 3.01. The Morgan fingerprint density at radius 1 is 1.37 bits per heavy atom. The summed E-state index contributed by atoms with van der Waals surface area (Å²) in [7, 11) is 0. The molecule has 1 N–H and O–H groups in total. The van der Waals surface area contributed by atoms with E-state index in [-0.39, 0.29) is 30.7 Å². The highest BCUT2D eigenvalue weighted by Crippen LogP contribution is 2.18. The summed E-state index contributed by atoms with van der Waals surface area (Å²) < 4.78 is 5.53. The van der Waals surface area contributed by atoms with E-state index in [0.29, 0.717) is 13.2 Å². The lowest BCUT2D eigenvalue weighted by molar-refractivity contribution is -0.145. The number of morpholine rings is 1. The van der Waals surface area contributed by atoms with Crippen LogP contribution in [0.4, 0.5) is 0 Å². The highest BCUT2D eigenvalue weighted by molar-refractivity contribution is 5.81. The number of hydrogen-bond acceptors (Lipinski definition) is 4. The van der Waals surface area contributed by atoms with Gasteiger partial charge >= 0.3 is 0 Å². The Morgan fingerprint density at radius 2 is 2.05 bits per heavy atom. The topological polar surface area (TPSA) is 53.0 Å². The first-order chi connectivity index (χ1) is 9.13. The molecule has 5 heteroatoms. The number of aliphatic hydroxyl groups is 1. The van der Waals surface area contributed by atoms with Gasteiger partial charge in [0.25, 0.3) is 0 Å². The lowest BCUT2D eigenvalue weighted by Crippen LogP contribution is -2.57. The zero-order valence-electron chi connectivity index (χ0n) is 12.0. The van der Waals surface area contributed by atoms with Crippen molar-refractivity contribution in [3.63, 3.8) is 0 Å². The first kappa shape index (κ1) is 14.8. The highest BCUT2D eigenvalue weighted by Gasteiger charge is 2.34. The quantitative estimate of drug-likeness (QED) is 0.810. The number of nitrogens with zero attached hydrogens (tertiary/aromatic N) is 2. The maximum absolute atomic E-state index is 12.5. The Kier molecular flexibility index (Phi) is 5.19. The molecule has 2 heterocycles. The van der Waals surface area contributed by atoms with E-state index < -0.39 is 0 Å². The SMILES string of the molecule is CC1COC(CO)CN1C(C)C(=O)N1CCCCC1. The second kappa shape index (κ2) is 6.68. The van der Waals surface area contributed by atoms with E-state index in [0.717, 1.165) is 25.9 Å². The normalized spacial score (nSPS) is 31.2. The number of carbonyl (C=O) groups is 1. The Labute approximate surface area is 115 Å². The van der Waals surface area contributed by atoms with Gasteiger partial charge in [-0.15, -0.1) is 0 Å². The second-order valence-corrected chi connectivity index (χ2v) is 5.75. The molecule has 2 aliphatic rings. The minimum absolute atomic E-state index is 0.0217. The van der Waals surface area contributed by atoms with Crippen molar-refractivity contribution >= 4 is 5.91 Å². The number of amides is 1. The lowest BCUT2D eigenvalue weighted by Gasteiger charge is -2.42. The molecule has 0 saturated carbocycles. The van der Waals surface area contributed by atoms with Crippen LogP contribution < -0.4 is 0 Å². The molecule has 19 heavy (non-hydrogen) atoms. The van der Waals surface area contributed by atoms with Gasteiger partial charge in [0.2, 0.25) is 5.91 Å². The molecule has 2 rings (SSSR count). The molecule has 2 saturated heterocycles. The van der Waals surface area contributed by atoms with E-state index in [1.807, 2.05) is 11.8 Å². The average molecular weight is 270 g/mol. The number of ether oxygens (including phenoxy) is 1. The van der Waals surface area contributed by atoms with Crippen molar-refractivity contribution in [2.24, 2.45) is 0 Å². The number of rotatable bonds is 3. The molecule has 0 spiro atoms. The molecular weight excluding hydrogens is 244 g/mol. The molecule has 3 atom stereocenters. The molecule has 0 aromatic heterocycles. The Morgan fingerprint density at radius 3 is 2.68 bits per heavy atom. The van der Waals surface area contributed by atoms with Crippen molar-refractivity contribution in [3.05, 3.63) is 0 Å². The van der Waals surface area contributed by atoms with Gasteiger partial charge in [-0.05, 0) is 33.1 Å². The van der Waals surface area contributed by atoms with Gasteiger partial charge in [-0.25, -0.2) is 0 Å². The van der Waals surface area contributed by atoms with Gasteiger partial charge in [-0.3, -0.25) is 9.69 Å². The molecule has 0 bridgehead atoms. The predicted molar refractivity (Wildman–Crippen MR) is 72.9 cm³/mol. The monoisotopic (exact) mass is 270 g/mol. The Hall–Kier alpha value is -0.650. The van der Waals surface area contributed by atoms with Crippen molar-refractivity contribution in [3.8, 4) is 0 Å². The van der Waals surface area contributed by atoms with Crippen LogP contribution in [0, 0.1) is 0 Å². The third-order valence-electron chi connectivity index (χ3n) is 4.28. The molecular formula is C14H26N2O3. The summed E-state index contributed by atoms with van der Waals surface area (Å²) in [6, 6.07) is 0.109. The Balaban J connectivity index is 1.96. The highest BCUT2D eigenvalue weighted by atomic mass is 16.5. The van der Waals surface area contributed by atoms with Crippen molar-refractivity contribution in [2.45, 2.75) is 51.3 Å². The van der Waals surface area contributed by atoms with E-state index in [2.05, 4.69) is 11.8 Å². The average Bonchev–Trinajstić information content (AvgIpc) is 2.47. The van der Waals surface area contributed by atoms with Gasteiger partial charge in [0.05, 0.1) is 25.4 Å².